The van der Waals surface area contributed by atoms with Gasteiger partial charge in [-0.1, -0.05) is 12.1 Å². The average molecular weight is 324 g/mol. The van der Waals surface area contributed by atoms with Crippen molar-refractivity contribution in [3.63, 3.8) is 0 Å². The Kier molecular flexibility index (Phi) is 3.75. The van der Waals surface area contributed by atoms with Crippen LogP contribution >= 0.6 is 0 Å². The first-order valence-corrected chi connectivity index (χ1v) is 7.21. The fraction of sp³-hybridized carbons (Fsp3) is 0.333. The summed E-state index contributed by atoms with van der Waals surface area (Å²) in [5.74, 6) is 0.532. The molecule has 0 saturated carbocycles. The fourth-order valence-electron chi connectivity index (χ4n) is 2.71. The van der Waals surface area contributed by atoms with Gasteiger partial charge >= 0.3 is 12.2 Å². The fourth-order valence-corrected chi connectivity index (χ4v) is 2.71. The molecule has 0 unspecified atom stereocenters. The van der Waals surface area contributed by atoms with Gasteiger partial charge in [0.2, 0.25) is 0 Å². The van der Waals surface area contributed by atoms with E-state index in [1.165, 1.54) is 12.1 Å². The lowest BCUT2D eigenvalue weighted by molar-refractivity contribution is -0.137. The number of nitrogens with zero attached hydrogens (tertiary/aromatic N) is 2. The van der Waals surface area contributed by atoms with Crippen molar-refractivity contribution in [2.45, 2.75) is 25.4 Å². The molecule has 1 aromatic carbocycles. The average Bonchev–Trinajstić information content (AvgIpc) is 2.69. The number of aromatic nitrogens is 2. The Labute approximate surface area is 130 Å². The second-order valence-corrected chi connectivity index (χ2v) is 5.38. The Balaban J connectivity index is 2.07. The molecule has 1 aliphatic heterocycles. The molecule has 23 heavy (non-hydrogen) atoms. The van der Waals surface area contributed by atoms with Crippen LogP contribution in [0.4, 0.5) is 23.8 Å². The molecule has 1 aromatic heterocycles. The van der Waals surface area contributed by atoms with Crippen LogP contribution in [-0.2, 0) is 12.6 Å². The van der Waals surface area contributed by atoms with E-state index < -0.39 is 17.8 Å². The number of carbonyl (C=O) groups is 1. The Morgan fingerprint density at radius 3 is 2.52 bits per heavy atom. The van der Waals surface area contributed by atoms with Crippen molar-refractivity contribution in [2.75, 3.05) is 11.9 Å². The lowest BCUT2D eigenvalue weighted by Crippen LogP contribution is -2.23. The van der Waals surface area contributed by atoms with E-state index in [0.29, 0.717) is 30.0 Å². The van der Waals surface area contributed by atoms with E-state index in [4.69, 9.17) is 5.73 Å². The Hall–Kier alpha value is -2.51. The first kappa shape index (κ1) is 15.4. The van der Waals surface area contributed by atoms with Gasteiger partial charge in [0, 0.05) is 17.7 Å². The number of amides is 1. The zero-order chi connectivity index (χ0) is 16.6. The number of halogens is 3. The zero-order valence-electron chi connectivity index (χ0n) is 12.2. The van der Waals surface area contributed by atoms with Gasteiger partial charge in [-0.25, -0.2) is 4.79 Å². The summed E-state index contributed by atoms with van der Waals surface area (Å²) in [7, 11) is 0. The van der Waals surface area contributed by atoms with Crippen molar-refractivity contribution in [1.82, 2.24) is 9.78 Å². The highest BCUT2D eigenvalue weighted by atomic mass is 19.4. The van der Waals surface area contributed by atoms with Crippen LogP contribution in [0.2, 0.25) is 0 Å². The van der Waals surface area contributed by atoms with Gasteiger partial charge in [0.25, 0.3) is 0 Å². The number of alkyl halides is 3. The van der Waals surface area contributed by atoms with E-state index in [0.717, 1.165) is 35.2 Å². The van der Waals surface area contributed by atoms with Crippen LogP contribution in [0.5, 0.6) is 0 Å². The summed E-state index contributed by atoms with van der Waals surface area (Å²) < 4.78 is 39.1. The van der Waals surface area contributed by atoms with E-state index in [1.807, 2.05) is 0 Å². The molecule has 2 aromatic rings. The smallest absolute Gasteiger partial charge is 0.370 e. The monoisotopic (exact) mass is 324 g/mol. The SMILES string of the molecule is NC(=O)n1nc(-c2ccc(C(F)(F)F)cc2)c2c1NCCCC2. The number of primary amides is 1. The molecule has 0 spiro atoms. The van der Waals surface area contributed by atoms with E-state index in [-0.39, 0.29) is 0 Å². The number of rotatable bonds is 1. The van der Waals surface area contributed by atoms with Crippen molar-refractivity contribution < 1.29 is 18.0 Å². The number of hydrogen-bond acceptors (Lipinski definition) is 3. The third-order valence-corrected chi connectivity index (χ3v) is 3.82. The van der Waals surface area contributed by atoms with Crippen molar-refractivity contribution >= 4 is 11.8 Å². The minimum absolute atomic E-state index is 0.488. The summed E-state index contributed by atoms with van der Waals surface area (Å²) >= 11 is 0. The van der Waals surface area contributed by atoms with Crippen LogP contribution in [0.1, 0.15) is 24.0 Å². The molecule has 0 aliphatic carbocycles. The van der Waals surface area contributed by atoms with Crippen LogP contribution in [-0.4, -0.2) is 22.4 Å². The third-order valence-electron chi connectivity index (χ3n) is 3.82. The van der Waals surface area contributed by atoms with Crippen molar-refractivity contribution in [3.8, 4) is 11.3 Å². The Bertz CT molecular complexity index is 734. The molecular weight excluding hydrogens is 309 g/mol. The molecule has 8 heteroatoms. The number of hydrogen-bond donors (Lipinski definition) is 2. The summed E-state index contributed by atoms with van der Waals surface area (Å²) in [5, 5.41) is 7.31. The van der Waals surface area contributed by atoms with Crippen molar-refractivity contribution in [1.29, 1.82) is 0 Å². The maximum absolute atomic E-state index is 12.7. The molecule has 0 bridgehead atoms. The van der Waals surface area contributed by atoms with Crippen LogP contribution in [0, 0.1) is 0 Å². The van der Waals surface area contributed by atoms with E-state index in [1.54, 1.807) is 0 Å². The summed E-state index contributed by atoms with van der Waals surface area (Å²) in [6.45, 7) is 0.693. The minimum Gasteiger partial charge on any atom is -0.370 e. The molecule has 2 heterocycles. The van der Waals surface area contributed by atoms with Crippen LogP contribution in [0.3, 0.4) is 0 Å². The molecule has 1 amide bonds. The van der Waals surface area contributed by atoms with Gasteiger partial charge in [0.15, 0.2) is 0 Å². The highest BCUT2D eigenvalue weighted by Gasteiger charge is 2.30. The summed E-state index contributed by atoms with van der Waals surface area (Å²) in [5.41, 5.74) is 6.43. The highest BCUT2D eigenvalue weighted by Crippen LogP contribution is 2.34. The largest absolute Gasteiger partial charge is 0.416 e. The van der Waals surface area contributed by atoms with Crippen molar-refractivity contribution in [2.24, 2.45) is 5.73 Å². The highest BCUT2D eigenvalue weighted by molar-refractivity contribution is 5.82. The minimum atomic E-state index is -4.39. The molecule has 5 nitrogen and oxygen atoms in total. The van der Waals surface area contributed by atoms with Gasteiger partial charge in [-0.3, -0.25) is 0 Å². The van der Waals surface area contributed by atoms with Crippen molar-refractivity contribution in [3.05, 3.63) is 35.4 Å². The van der Waals surface area contributed by atoms with Gasteiger partial charge in [-0.05, 0) is 31.4 Å². The van der Waals surface area contributed by atoms with Crippen LogP contribution in [0.25, 0.3) is 11.3 Å². The first-order chi connectivity index (χ1) is 10.9. The lowest BCUT2D eigenvalue weighted by atomic mass is 10.0. The summed E-state index contributed by atoms with van der Waals surface area (Å²) in [6.07, 6.45) is -1.87. The topological polar surface area (TPSA) is 72.9 Å². The van der Waals surface area contributed by atoms with Gasteiger partial charge in [-0.2, -0.15) is 23.0 Å². The third kappa shape index (κ3) is 2.88. The molecule has 0 atom stereocenters. The second kappa shape index (κ2) is 5.60. The molecule has 0 fully saturated rings. The lowest BCUT2D eigenvalue weighted by Gasteiger charge is -2.07. The molecular formula is C15H15F3N4O. The predicted octanol–water partition coefficient (Wildman–Crippen LogP) is 3.24. The molecule has 3 rings (SSSR count). The van der Waals surface area contributed by atoms with Gasteiger partial charge < -0.3 is 11.1 Å². The summed E-state index contributed by atoms with van der Waals surface area (Å²) in [6, 6.07) is 4.02. The molecule has 1 aliphatic rings. The zero-order valence-corrected chi connectivity index (χ0v) is 12.2. The van der Waals surface area contributed by atoms with Gasteiger partial charge in [0.05, 0.1) is 11.3 Å². The number of fused-ring (bicyclic) bond motifs is 1. The number of benzene rings is 1. The normalized spacial score (nSPS) is 14.7. The van der Waals surface area contributed by atoms with Crippen LogP contribution in [0.15, 0.2) is 24.3 Å². The number of carbonyl (C=O) groups excluding carboxylic acids is 1. The molecule has 3 N–H and O–H groups in total. The molecule has 0 saturated heterocycles. The summed E-state index contributed by atoms with van der Waals surface area (Å²) in [4.78, 5) is 11.5. The number of anilines is 1. The predicted molar refractivity (Wildman–Crippen MR) is 79.1 cm³/mol. The molecule has 122 valence electrons. The maximum atomic E-state index is 12.7. The second-order valence-electron chi connectivity index (χ2n) is 5.38. The quantitative estimate of drug-likeness (QED) is 0.846. The molecule has 0 radical (unpaired) electrons. The Morgan fingerprint density at radius 2 is 1.91 bits per heavy atom. The van der Waals surface area contributed by atoms with Crippen LogP contribution < -0.4 is 11.1 Å². The first-order valence-electron chi connectivity index (χ1n) is 7.21. The maximum Gasteiger partial charge on any atom is 0.416 e. The number of nitrogens with two attached hydrogens (primary N) is 1. The Morgan fingerprint density at radius 1 is 1.22 bits per heavy atom. The number of nitrogens with one attached hydrogen (secondary N) is 1. The van der Waals surface area contributed by atoms with Gasteiger partial charge in [-0.15, -0.1) is 0 Å². The van der Waals surface area contributed by atoms with E-state index in [9.17, 15) is 18.0 Å². The standard InChI is InChI=1S/C15H15F3N4O/c16-15(17,18)10-6-4-9(5-7-10)12-11-3-1-2-8-20-13(11)22(21-12)14(19)23/h4-7,20H,1-3,8H2,(H2,19,23). The van der Waals surface area contributed by atoms with Gasteiger partial charge in [0.1, 0.15) is 5.82 Å². The van der Waals surface area contributed by atoms with E-state index in [2.05, 4.69) is 10.4 Å². The van der Waals surface area contributed by atoms with E-state index >= 15 is 0 Å².